The molecule has 18 heavy (non-hydrogen) atoms. The van der Waals surface area contributed by atoms with Crippen LogP contribution in [0.4, 0.5) is 10.1 Å². The largest absolute Gasteiger partial charge is 0.378 e. The highest BCUT2D eigenvalue weighted by Crippen LogP contribution is 2.16. The fraction of sp³-hybridized carbons (Fsp3) is 0.167. The molecule has 0 fully saturated rings. The van der Waals surface area contributed by atoms with Crippen molar-refractivity contribution in [3.05, 3.63) is 47.5 Å². The van der Waals surface area contributed by atoms with E-state index < -0.39 is 11.7 Å². The molecule has 2 rings (SSSR count). The van der Waals surface area contributed by atoms with Gasteiger partial charge in [0.2, 0.25) is 5.91 Å². The fourth-order valence-corrected chi connectivity index (χ4v) is 1.57. The van der Waals surface area contributed by atoms with Crippen molar-refractivity contribution in [2.24, 2.45) is 12.8 Å². The Morgan fingerprint density at radius 3 is 2.94 bits per heavy atom. The molecule has 1 amide bonds. The van der Waals surface area contributed by atoms with E-state index in [9.17, 15) is 9.18 Å². The first-order valence-corrected chi connectivity index (χ1v) is 5.37. The molecule has 3 N–H and O–H groups in total. The highest BCUT2D eigenvalue weighted by Gasteiger charge is 2.07. The Morgan fingerprint density at radius 1 is 1.56 bits per heavy atom. The maximum absolute atomic E-state index is 13.5. The van der Waals surface area contributed by atoms with Crippen molar-refractivity contribution < 1.29 is 9.18 Å². The summed E-state index contributed by atoms with van der Waals surface area (Å²) in [5, 5.41) is 6.91. The normalized spacial score (nSPS) is 10.3. The number of nitrogens with one attached hydrogen (secondary N) is 1. The average Bonchev–Trinajstić information content (AvgIpc) is 2.74. The molecule has 6 heteroatoms. The van der Waals surface area contributed by atoms with Crippen molar-refractivity contribution >= 4 is 11.6 Å². The minimum absolute atomic E-state index is 0.246. The summed E-state index contributed by atoms with van der Waals surface area (Å²) >= 11 is 0. The summed E-state index contributed by atoms with van der Waals surface area (Å²) in [6, 6.07) is 3.96. The molecule has 94 valence electrons. The van der Waals surface area contributed by atoms with E-state index in [0.717, 1.165) is 5.56 Å². The van der Waals surface area contributed by atoms with Crippen LogP contribution in [0, 0.1) is 5.82 Å². The number of primary amides is 1. The molecule has 2 aromatic rings. The molecule has 0 unspecified atom stereocenters. The number of nitrogens with zero attached hydrogens (tertiary/aromatic N) is 2. The third kappa shape index (κ3) is 2.65. The Hall–Kier alpha value is -2.37. The number of hydrogen-bond donors (Lipinski definition) is 2. The van der Waals surface area contributed by atoms with Gasteiger partial charge in [0.1, 0.15) is 5.82 Å². The lowest BCUT2D eigenvalue weighted by atomic mass is 10.2. The lowest BCUT2D eigenvalue weighted by Gasteiger charge is -2.07. The molecule has 0 saturated carbocycles. The molecule has 0 atom stereocenters. The highest BCUT2D eigenvalue weighted by molar-refractivity contribution is 5.93. The van der Waals surface area contributed by atoms with Crippen LogP contribution < -0.4 is 11.1 Å². The van der Waals surface area contributed by atoms with Gasteiger partial charge in [-0.2, -0.15) is 5.10 Å². The van der Waals surface area contributed by atoms with Gasteiger partial charge < -0.3 is 11.1 Å². The first kappa shape index (κ1) is 12.1. The van der Waals surface area contributed by atoms with Gasteiger partial charge in [0.25, 0.3) is 0 Å². The number of anilines is 1. The topological polar surface area (TPSA) is 72.9 Å². The summed E-state index contributed by atoms with van der Waals surface area (Å²) in [7, 11) is 1.80. The predicted octanol–water partition coefficient (Wildman–Crippen LogP) is 1.27. The van der Waals surface area contributed by atoms with Crippen LogP contribution in [-0.2, 0) is 13.6 Å². The van der Waals surface area contributed by atoms with Gasteiger partial charge in [-0.1, -0.05) is 0 Å². The number of benzene rings is 1. The zero-order chi connectivity index (χ0) is 13.1. The van der Waals surface area contributed by atoms with Gasteiger partial charge in [0, 0.05) is 30.9 Å². The first-order valence-electron chi connectivity index (χ1n) is 5.37. The number of carbonyl (C=O) groups is 1. The van der Waals surface area contributed by atoms with E-state index >= 15 is 0 Å². The lowest BCUT2D eigenvalue weighted by Crippen LogP contribution is -2.12. The molecule has 0 saturated heterocycles. The number of nitrogens with two attached hydrogens (primary N) is 1. The summed E-state index contributed by atoms with van der Waals surface area (Å²) in [5.74, 6) is -1.01. The Kier molecular flexibility index (Phi) is 3.27. The number of aryl methyl sites for hydroxylation is 1. The van der Waals surface area contributed by atoms with Gasteiger partial charge in [-0.3, -0.25) is 9.48 Å². The number of hydrogen-bond acceptors (Lipinski definition) is 3. The van der Waals surface area contributed by atoms with Crippen LogP contribution in [0.15, 0.2) is 30.6 Å². The molecule has 0 bridgehead atoms. The van der Waals surface area contributed by atoms with E-state index in [-0.39, 0.29) is 11.3 Å². The second-order valence-corrected chi connectivity index (χ2v) is 3.93. The number of aromatic nitrogens is 2. The average molecular weight is 248 g/mol. The quantitative estimate of drug-likeness (QED) is 0.855. The van der Waals surface area contributed by atoms with Crippen molar-refractivity contribution in [3.8, 4) is 0 Å². The Morgan fingerprint density at radius 2 is 2.33 bits per heavy atom. The standard InChI is InChI=1S/C12H13FN4O/c1-17-7-8(6-16-17)5-15-11-4-9(12(14)18)2-3-10(11)13/h2-4,6-7,15H,5H2,1H3,(H2,14,18). The predicted molar refractivity (Wildman–Crippen MR) is 65.5 cm³/mol. The summed E-state index contributed by atoms with van der Waals surface area (Å²) < 4.78 is 15.2. The Labute approximate surface area is 103 Å². The fourth-order valence-electron chi connectivity index (χ4n) is 1.57. The highest BCUT2D eigenvalue weighted by atomic mass is 19.1. The van der Waals surface area contributed by atoms with Gasteiger partial charge in [0.05, 0.1) is 11.9 Å². The second-order valence-electron chi connectivity index (χ2n) is 3.93. The van der Waals surface area contributed by atoms with Crippen LogP contribution >= 0.6 is 0 Å². The molecular formula is C12H13FN4O. The monoisotopic (exact) mass is 248 g/mol. The molecule has 0 aliphatic carbocycles. The molecule has 0 spiro atoms. The summed E-state index contributed by atoms with van der Waals surface area (Å²) in [5.41, 5.74) is 6.57. The van der Waals surface area contributed by atoms with Crippen LogP contribution in [-0.4, -0.2) is 15.7 Å². The Bertz CT molecular complexity index is 579. The summed E-state index contributed by atoms with van der Waals surface area (Å²) in [6.07, 6.45) is 3.51. The third-order valence-electron chi connectivity index (χ3n) is 2.49. The maximum atomic E-state index is 13.5. The summed E-state index contributed by atoms with van der Waals surface area (Å²) in [6.45, 7) is 0.424. The van der Waals surface area contributed by atoms with Crippen molar-refractivity contribution in [1.82, 2.24) is 9.78 Å². The van der Waals surface area contributed by atoms with E-state index in [2.05, 4.69) is 10.4 Å². The molecule has 0 radical (unpaired) electrons. The smallest absolute Gasteiger partial charge is 0.248 e. The van der Waals surface area contributed by atoms with E-state index in [1.165, 1.54) is 18.2 Å². The van der Waals surface area contributed by atoms with Crippen LogP contribution in [0.1, 0.15) is 15.9 Å². The molecule has 0 aliphatic rings. The van der Waals surface area contributed by atoms with Gasteiger partial charge in [-0.25, -0.2) is 4.39 Å². The van der Waals surface area contributed by atoms with E-state index in [4.69, 9.17) is 5.73 Å². The maximum Gasteiger partial charge on any atom is 0.248 e. The van der Waals surface area contributed by atoms with Gasteiger partial charge in [-0.15, -0.1) is 0 Å². The van der Waals surface area contributed by atoms with Gasteiger partial charge in [-0.05, 0) is 18.2 Å². The van der Waals surface area contributed by atoms with Crippen LogP contribution in [0.5, 0.6) is 0 Å². The number of carbonyl (C=O) groups excluding carboxylic acids is 1. The lowest BCUT2D eigenvalue weighted by molar-refractivity contribution is 0.100. The van der Waals surface area contributed by atoms with Crippen molar-refractivity contribution in [2.45, 2.75) is 6.54 Å². The molecule has 1 aromatic carbocycles. The van der Waals surface area contributed by atoms with Crippen LogP contribution in [0.25, 0.3) is 0 Å². The van der Waals surface area contributed by atoms with E-state index in [1.807, 2.05) is 6.20 Å². The van der Waals surface area contributed by atoms with E-state index in [0.29, 0.717) is 6.54 Å². The van der Waals surface area contributed by atoms with Crippen molar-refractivity contribution in [3.63, 3.8) is 0 Å². The number of rotatable bonds is 4. The van der Waals surface area contributed by atoms with Crippen LogP contribution in [0.2, 0.25) is 0 Å². The van der Waals surface area contributed by atoms with E-state index in [1.54, 1.807) is 17.9 Å². The molecular weight excluding hydrogens is 235 g/mol. The minimum Gasteiger partial charge on any atom is -0.378 e. The zero-order valence-electron chi connectivity index (χ0n) is 9.85. The van der Waals surface area contributed by atoms with Crippen molar-refractivity contribution in [2.75, 3.05) is 5.32 Å². The molecule has 1 heterocycles. The zero-order valence-corrected chi connectivity index (χ0v) is 9.85. The minimum atomic E-state index is -0.584. The van der Waals surface area contributed by atoms with Crippen LogP contribution in [0.3, 0.4) is 0 Å². The molecule has 0 aliphatic heterocycles. The number of amides is 1. The second kappa shape index (κ2) is 4.87. The SMILES string of the molecule is Cn1cc(CNc2cc(C(N)=O)ccc2F)cn1. The molecule has 1 aromatic heterocycles. The molecule has 5 nitrogen and oxygen atoms in total. The summed E-state index contributed by atoms with van der Waals surface area (Å²) in [4.78, 5) is 11.0. The Balaban J connectivity index is 2.13. The van der Waals surface area contributed by atoms with Gasteiger partial charge >= 0.3 is 0 Å². The number of halogens is 1. The third-order valence-corrected chi connectivity index (χ3v) is 2.49. The first-order chi connectivity index (χ1) is 8.56. The van der Waals surface area contributed by atoms with Gasteiger partial charge in [0.15, 0.2) is 0 Å². The van der Waals surface area contributed by atoms with Crippen molar-refractivity contribution in [1.29, 1.82) is 0 Å².